The molecule has 0 heterocycles. The summed E-state index contributed by atoms with van der Waals surface area (Å²) in [5.74, 6) is 0.950. The summed E-state index contributed by atoms with van der Waals surface area (Å²) in [5, 5.41) is 0. The molecular formula is C15H32N2O. The molecule has 1 saturated carbocycles. The Hall–Kier alpha value is -0.120. The predicted molar refractivity (Wildman–Crippen MR) is 77.8 cm³/mol. The average molecular weight is 256 g/mol. The van der Waals surface area contributed by atoms with Crippen LogP contribution in [0.1, 0.15) is 52.9 Å². The Morgan fingerprint density at radius 3 is 2.28 bits per heavy atom. The molecule has 0 amide bonds. The van der Waals surface area contributed by atoms with Crippen molar-refractivity contribution in [3.63, 3.8) is 0 Å². The zero-order chi connectivity index (χ0) is 13.6. The van der Waals surface area contributed by atoms with E-state index in [1.54, 1.807) is 0 Å². The van der Waals surface area contributed by atoms with Crippen LogP contribution in [0, 0.1) is 5.92 Å². The highest BCUT2D eigenvalue weighted by molar-refractivity contribution is 4.91. The minimum Gasteiger partial charge on any atom is -0.380 e. The van der Waals surface area contributed by atoms with Crippen molar-refractivity contribution in [2.24, 2.45) is 11.7 Å². The van der Waals surface area contributed by atoms with Crippen molar-refractivity contribution in [2.45, 2.75) is 64.5 Å². The van der Waals surface area contributed by atoms with Gasteiger partial charge in [-0.2, -0.15) is 0 Å². The fraction of sp³-hybridized carbons (Fsp3) is 1.00. The van der Waals surface area contributed by atoms with E-state index in [2.05, 4.69) is 25.8 Å². The Morgan fingerprint density at radius 2 is 1.83 bits per heavy atom. The first-order valence-electron chi connectivity index (χ1n) is 7.58. The molecule has 0 aromatic carbocycles. The van der Waals surface area contributed by atoms with Crippen LogP contribution in [0.4, 0.5) is 0 Å². The van der Waals surface area contributed by atoms with Crippen LogP contribution in [0.5, 0.6) is 0 Å². The van der Waals surface area contributed by atoms with E-state index < -0.39 is 0 Å². The van der Waals surface area contributed by atoms with Crippen LogP contribution in [-0.4, -0.2) is 43.3 Å². The highest BCUT2D eigenvalue weighted by atomic mass is 16.5. The molecule has 0 aromatic heterocycles. The number of hydrogen-bond acceptors (Lipinski definition) is 3. The van der Waals surface area contributed by atoms with E-state index >= 15 is 0 Å². The van der Waals surface area contributed by atoms with Gasteiger partial charge in [0.05, 0.1) is 12.1 Å². The van der Waals surface area contributed by atoms with Crippen molar-refractivity contribution >= 4 is 0 Å². The van der Waals surface area contributed by atoms with Crippen molar-refractivity contribution in [3.05, 3.63) is 0 Å². The summed E-state index contributed by atoms with van der Waals surface area (Å²) in [6.07, 6.45) is 6.72. The van der Waals surface area contributed by atoms with Gasteiger partial charge < -0.3 is 10.5 Å². The number of likely N-dealkylation sites (N-methyl/N-ethyl adjacent to an activating group) is 1. The zero-order valence-electron chi connectivity index (χ0n) is 12.7. The second-order valence-corrected chi connectivity index (χ2v) is 6.03. The largest absolute Gasteiger partial charge is 0.380 e. The highest BCUT2D eigenvalue weighted by Crippen LogP contribution is 2.31. The van der Waals surface area contributed by atoms with Gasteiger partial charge in [0.25, 0.3) is 0 Å². The second-order valence-electron chi connectivity index (χ2n) is 6.03. The van der Waals surface area contributed by atoms with E-state index in [1.165, 1.54) is 32.1 Å². The molecule has 108 valence electrons. The Bertz CT molecular complexity index is 227. The first-order chi connectivity index (χ1) is 8.57. The van der Waals surface area contributed by atoms with Gasteiger partial charge in [-0.1, -0.05) is 13.3 Å². The maximum atomic E-state index is 5.99. The van der Waals surface area contributed by atoms with E-state index in [-0.39, 0.29) is 5.54 Å². The zero-order valence-corrected chi connectivity index (χ0v) is 12.7. The lowest BCUT2D eigenvalue weighted by Gasteiger charge is -2.45. The maximum Gasteiger partial charge on any atom is 0.0659 e. The molecule has 0 radical (unpaired) electrons. The van der Waals surface area contributed by atoms with Crippen molar-refractivity contribution in [1.29, 1.82) is 0 Å². The van der Waals surface area contributed by atoms with Crippen LogP contribution < -0.4 is 5.73 Å². The lowest BCUT2D eigenvalue weighted by molar-refractivity contribution is -0.00938. The molecule has 0 aromatic rings. The Balaban J connectivity index is 2.53. The average Bonchev–Trinajstić information content (AvgIpc) is 2.44. The standard InChI is InChI=1S/C15H32N2O/c1-5-13-7-9-14(10-8-13)17(4)15(3,11-16)12-18-6-2/h13-14H,5-12,16H2,1-4H3. The van der Waals surface area contributed by atoms with Gasteiger partial charge in [0.15, 0.2) is 0 Å². The summed E-state index contributed by atoms with van der Waals surface area (Å²) in [4.78, 5) is 2.48. The third kappa shape index (κ3) is 3.94. The number of rotatable bonds is 7. The first kappa shape index (κ1) is 15.9. The smallest absolute Gasteiger partial charge is 0.0659 e. The Labute approximate surface area is 113 Å². The number of nitrogens with two attached hydrogens (primary N) is 1. The minimum absolute atomic E-state index is 0.0142. The summed E-state index contributed by atoms with van der Waals surface area (Å²) < 4.78 is 5.62. The minimum atomic E-state index is -0.0142. The fourth-order valence-electron chi connectivity index (χ4n) is 3.01. The van der Waals surface area contributed by atoms with Crippen molar-refractivity contribution in [3.8, 4) is 0 Å². The van der Waals surface area contributed by atoms with E-state index in [9.17, 15) is 0 Å². The molecule has 1 rings (SSSR count). The van der Waals surface area contributed by atoms with Crippen LogP contribution in [0.2, 0.25) is 0 Å². The normalized spacial score (nSPS) is 28.3. The van der Waals surface area contributed by atoms with Crippen LogP contribution in [0.25, 0.3) is 0 Å². The van der Waals surface area contributed by atoms with E-state index in [0.29, 0.717) is 12.6 Å². The Morgan fingerprint density at radius 1 is 1.22 bits per heavy atom. The first-order valence-corrected chi connectivity index (χ1v) is 7.58. The van der Waals surface area contributed by atoms with Crippen LogP contribution in [0.3, 0.4) is 0 Å². The second kappa shape index (κ2) is 7.46. The van der Waals surface area contributed by atoms with Crippen molar-refractivity contribution in [1.82, 2.24) is 4.90 Å². The molecule has 0 spiro atoms. The van der Waals surface area contributed by atoms with Crippen LogP contribution in [-0.2, 0) is 4.74 Å². The van der Waals surface area contributed by atoms with E-state index in [4.69, 9.17) is 10.5 Å². The lowest BCUT2D eigenvalue weighted by Crippen LogP contribution is -2.57. The molecule has 1 fully saturated rings. The summed E-state index contributed by atoms with van der Waals surface area (Å²) in [7, 11) is 2.23. The molecule has 1 aliphatic rings. The molecule has 2 N–H and O–H groups in total. The van der Waals surface area contributed by atoms with Gasteiger partial charge in [-0.05, 0) is 52.5 Å². The van der Waals surface area contributed by atoms with Crippen LogP contribution in [0.15, 0.2) is 0 Å². The summed E-state index contributed by atoms with van der Waals surface area (Å²) >= 11 is 0. The highest BCUT2D eigenvalue weighted by Gasteiger charge is 2.34. The Kier molecular flexibility index (Phi) is 6.61. The van der Waals surface area contributed by atoms with Crippen molar-refractivity contribution in [2.75, 3.05) is 26.8 Å². The fourth-order valence-corrected chi connectivity index (χ4v) is 3.01. The molecule has 1 atom stereocenters. The van der Waals surface area contributed by atoms with Gasteiger partial charge in [-0.25, -0.2) is 0 Å². The van der Waals surface area contributed by atoms with Gasteiger partial charge in [-0.15, -0.1) is 0 Å². The molecule has 3 heteroatoms. The molecular weight excluding hydrogens is 224 g/mol. The molecule has 1 aliphatic carbocycles. The van der Waals surface area contributed by atoms with Gasteiger partial charge in [0, 0.05) is 19.2 Å². The quantitative estimate of drug-likeness (QED) is 0.761. The number of nitrogens with zero attached hydrogens (tertiary/aromatic N) is 1. The maximum absolute atomic E-state index is 5.99. The van der Waals surface area contributed by atoms with E-state index in [0.717, 1.165) is 19.1 Å². The summed E-state index contributed by atoms with van der Waals surface area (Å²) in [6.45, 7) is 8.76. The van der Waals surface area contributed by atoms with Gasteiger partial charge in [-0.3, -0.25) is 4.90 Å². The summed E-state index contributed by atoms with van der Waals surface area (Å²) in [5.41, 5.74) is 5.97. The topological polar surface area (TPSA) is 38.5 Å². The van der Waals surface area contributed by atoms with Crippen molar-refractivity contribution < 1.29 is 4.74 Å². The number of hydrogen-bond donors (Lipinski definition) is 1. The molecule has 1 unspecified atom stereocenters. The SMILES string of the molecule is CCOCC(C)(CN)N(C)C1CCC(CC)CC1. The van der Waals surface area contributed by atoms with E-state index in [1.807, 2.05) is 6.92 Å². The third-order valence-electron chi connectivity index (χ3n) is 4.85. The van der Waals surface area contributed by atoms with Gasteiger partial charge in [0.2, 0.25) is 0 Å². The molecule has 0 bridgehead atoms. The summed E-state index contributed by atoms with van der Waals surface area (Å²) in [6, 6.07) is 0.682. The predicted octanol–water partition coefficient (Wildman–Crippen LogP) is 2.64. The molecule has 0 aliphatic heterocycles. The lowest BCUT2D eigenvalue weighted by atomic mass is 9.82. The molecule has 18 heavy (non-hydrogen) atoms. The van der Waals surface area contributed by atoms with Crippen LogP contribution >= 0.6 is 0 Å². The van der Waals surface area contributed by atoms with Gasteiger partial charge >= 0.3 is 0 Å². The molecule has 3 nitrogen and oxygen atoms in total. The van der Waals surface area contributed by atoms with Gasteiger partial charge in [0.1, 0.15) is 0 Å². The molecule has 0 saturated heterocycles. The number of ether oxygens (including phenoxy) is 1. The third-order valence-corrected chi connectivity index (χ3v) is 4.85. The monoisotopic (exact) mass is 256 g/mol.